The van der Waals surface area contributed by atoms with Crippen molar-refractivity contribution in [1.82, 2.24) is 9.88 Å². The van der Waals surface area contributed by atoms with Gasteiger partial charge in [-0.1, -0.05) is 48.9 Å². The second-order valence-corrected chi connectivity index (χ2v) is 6.99. The number of benzene rings is 2. The molecule has 0 aliphatic carbocycles. The Balaban J connectivity index is 2.10. The number of aromatic nitrogens is 1. The number of halogens is 1. The third-order valence-electron chi connectivity index (χ3n) is 4.77. The van der Waals surface area contributed by atoms with Crippen molar-refractivity contribution in [3.05, 3.63) is 70.4 Å². The molecule has 0 spiro atoms. The Morgan fingerprint density at radius 1 is 1.19 bits per heavy atom. The number of carboxylic acids is 1. The summed E-state index contributed by atoms with van der Waals surface area (Å²) < 4.78 is 1.88. The van der Waals surface area contributed by atoms with Crippen molar-refractivity contribution in [2.24, 2.45) is 0 Å². The molecule has 0 fully saturated rings. The third-order valence-corrected chi connectivity index (χ3v) is 5.02. The molecule has 1 atom stereocenters. The fraction of sp³-hybridized carbons (Fsp3) is 0.286. The highest BCUT2D eigenvalue weighted by Gasteiger charge is 2.22. The monoisotopic (exact) mass is 370 g/mol. The molecule has 0 bridgehead atoms. The number of rotatable bonds is 7. The van der Waals surface area contributed by atoms with Crippen molar-refractivity contribution < 1.29 is 9.90 Å². The smallest absolute Gasteiger partial charge is 0.352 e. The lowest BCUT2D eigenvalue weighted by molar-refractivity contribution is 0.0684. The van der Waals surface area contributed by atoms with Crippen molar-refractivity contribution in [3.8, 4) is 0 Å². The maximum absolute atomic E-state index is 12.1. The summed E-state index contributed by atoms with van der Waals surface area (Å²) in [4.78, 5) is 12.1. The van der Waals surface area contributed by atoms with Gasteiger partial charge in [0.25, 0.3) is 0 Å². The van der Waals surface area contributed by atoms with E-state index in [1.165, 1.54) is 0 Å². The van der Waals surface area contributed by atoms with Crippen molar-refractivity contribution in [3.63, 3.8) is 0 Å². The van der Waals surface area contributed by atoms with E-state index < -0.39 is 5.97 Å². The normalized spacial score (nSPS) is 12.4. The highest BCUT2D eigenvalue weighted by atomic mass is 35.5. The lowest BCUT2D eigenvalue weighted by Gasteiger charge is -2.12. The van der Waals surface area contributed by atoms with Gasteiger partial charge in [0.05, 0.1) is 0 Å². The van der Waals surface area contributed by atoms with Gasteiger partial charge in [-0.15, -0.1) is 0 Å². The molecule has 1 unspecified atom stereocenters. The van der Waals surface area contributed by atoms with E-state index in [9.17, 15) is 9.90 Å². The van der Waals surface area contributed by atoms with Crippen LogP contribution < -0.4 is 5.32 Å². The lowest BCUT2D eigenvalue weighted by atomic mass is 10.1. The molecular formula is C21H23ClN2O2. The summed E-state index contributed by atoms with van der Waals surface area (Å²) in [7, 11) is 0. The maximum Gasteiger partial charge on any atom is 0.352 e. The van der Waals surface area contributed by atoms with E-state index in [1.54, 1.807) is 0 Å². The first-order valence-corrected chi connectivity index (χ1v) is 9.20. The molecule has 2 aromatic carbocycles. The first-order chi connectivity index (χ1) is 12.5. The van der Waals surface area contributed by atoms with Crippen LogP contribution in [-0.2, 0) is 13.1 Å². The average molecular weight is 371 g/mol. The van der Waals surface area contributed by atoms with E-state index in [0.29, 0.717) is 29.8 Å². The lowest BCUT2D eigenvalue weighted by Crippen LogP contribution is -2.25. The van der Waals surface area contributed by atoms with Crippen LogP contribution in [-0.4, -0.2) is 21.7 Å². The van der Waals surface area contributed by atoms with Crippen molar-refractivity contribution >= 4 is 28.5 Å². The molecule has 0 aliphatic heterocycles. The predicted molar refractivity (Wildman–Crippen MR) is 106 cm³/mol. The van der Waals surface area contributed by atoms with E-state index >= 15 is 0 Å². The predicted octanol–water partition coefficient (Wildman–Crippen LogP) is 4.93. The number of carboxylic acid groups (broad SMARTS) is 1. The third kappa shape index (κ3) is 3.76. The molecule has 1 heterocycles. The highest BCUT2D eigenvalue weighted by molar-refractivity contribution is 6.30. The molecule has 0 saturated heterocycles. The number of carbonyl (C=O) groups is 1. The van der Waals surface area contributed by atoms with Gasteiger partial charge in [-0.2, -0.15) is 0 Å². The Kier molecular flexibility index (Phi) is 5.64. The quantitative estimate of drug-likeness (QED) is 0.620. The number of nitrogens with one attached hydrogen (secondary N) is 1. The van der Waals surface area contributed by atoms with Crippen molar-refractivity contribution in [2.45, 2.75) is 39.4 Å². The van der Waals surface area contributed by atoms with Crippen LogP contribution in [0, 0.1) is 0 Å². The van der Waals surface area contributed by atoms with Gasteiger partial charge in [0.2, 0.25) is 0 Å². The zero-order valence-corrected chi connectivity index (χ0v) is 15.8. The van der Waals surface area contributed by atoms with Gasteiger partial charge >= 0.3 is 5.97 Å². The largest absolute Gasteiger partial charge is 0.477 e. The van der Waals surface area contributed by atoms with E-state index in [1.807, 2.05) is 53.1 Å². The molecule has 26 heavy (non-hydrogen) atoms. The van der Waals surface area contributed by atoms with E-state index in [-0.39, 0.29) is 0 Å². The summed E-state index contributed by atoms with van der Waals surface area (Å²) in [6.45, 7) is 5.24. The van der Waals surface area contributed by atoms with E-state index in [0.717, 1.165) is 28.5 Å². The van der Waals surface area contributed by atoms with Crippen LogP contribution in [0.4, 0.5) is 0 Å². The first kappa shape index (κ1) is 18.5. The summed E-state index contributed by atoms with van der Waals surface area (Å²) >= 11 is 5.97. The number of nitrogens with zero attached hydrogens (tertiary/aromatic N) is 1. The number of para-hydroxylation sites is 1. The average Bonchev–Trinajstić information content (AvgIpc) is 2.95. The summed E-state index contributed by atoms with van der Waals surface area (Å²) in [5, 5.41) is 15.0. The fourth-order valence-corrected chi connectivity index (χ4v) is 3.28. The van der Waals surface area contributed by atoms with Crippen LogP contribution in [0.2, 0.25) is 5.02 Å². The van der Waals surface area contributed by atoms with Gasteiger partial charge in [-0.05, 0) is 37.1 Å². The second-order valence-electron chi connectivity index (χ2n) is 6.55. The van der Waals surface area contributed by atoms with Gasteiger partial charge in [0, 0.05) is 40.6 Å². The van der Waals surface area contributed by atoms with Crippen LogP contribution in [0.25, 0.3) is 10.9 Å². The van der Waals surface area contributed by atoms with Gasteiger partial charge in [0.1, 0.15) is 5.69 Å². The van der Waals surface area contributed by atoms with Gasteiger partial charge in [0.15, 0.2) is 0 Å². The molecule has 1 aromatic heterocycles. The Hall–Kier alpha value is -2.30. The molecule has 2 N–H and O–H groups in total. The standard InChI is InChI=1S/C21H23ClN2O2/c1-3-14(2)23-12-18-17-6-4-5-7-19(17)24(20(18)21(25)26)13-15-8-10-16(22)11-9-15/h4-11,14,23H,3,12-13H2,1-2H3,(H,25,26). The minimum absolute atomic E-state index is 0.329. The Bertz CT molecular complexity index is 916. The number of hydrogen-bond acceptors (Lipinski definition) is 2. The Morgan fingerprint density at radius 2 is 1.88 bits per heavy atom. The van der Waals surface area contributed by atoms with Crippen molar-refractivity contribution in [2.75, 3.05) is 0 Å². The van der Waals surface area contributed by atoms with Crippen LogP contribution in [0.1, 0.15) is 41.9 Å². The van der Waals surface area contributed by atoms with Crippen LogP contribution in [0.3, 0.4) is 0 Å². The molecule has 0 saturated carbocycles. The molecule has 0 radical (unpaired) electrons. The van der Waals surface area contributed by atoms with Crippen LogP contribution in [0.5, 0.6) is 0 Å². The number of fused-ring (bicyclic) bond motifs is 1. The van der Waals surface area contributed by atoms with Gasteiger partial charge in [-0.3, -0.25) is 0 Å². The molecule has 5 heteroatoms. The molecule has 3 aromatic rings. The topological polar surface area (TPSA) is 54.3 Å². The van der Waals surface area contributed by atoms with Crippen LogP contribution in [0.15, 0.2) is 48.5 Å². The van der Waals surface area contributed by atoms with Crippen molar-refractivity contribution in [1.29, 1.82) is 0 Å². The first-order valence-electron chi connectivity index (χ1n) is 8.82. The molecular weight excluding hydrogens is 348 g/mol. The number of hydrogen-bond donors (Lipinski definition) is 2. The van der Waals surface area contributed by atoms with Crippen LogP contribution >= 0.6 is 11.6 Å². The summed E-state index contributed by atoms with van der Waals surface area (Å²) in [5.41, 5.74) is 3.12. The highest BCUT2D eigenvalue weighted by Crippen LogP contribution is 2.28. The minimum atomic E-state index is -0.906. The minimum Gasteiger partial charge on any atom is -0.477 e. The molecule has 136 valence electrons. The van der Waals surface area contributed by atoms with Gasteiger partial charge in [-0.25, -0.2) is 4.79 Å². The molecule has 0 aliphatic rings. The molecule has 4 nitrogen and oxygen atoms in total. The zero-order chi connectivity index (χ0) is 18.7. The summed E-state index contributed by atoms with van der Waals surface area (Å²) in [5.74, 6) is -0.906. The summed E-state index contributed by atoms with van der Waals surface area (Å²) in [6, 6.07) is 15.7. The van der Waals surface area contributed by atoms with E-state index in [4.69, 9.17) is 11.6 Å². The van der Waals surface area contributed by atoms with E-state index in [2.05, 4.69) is 19.2 Å². The zero-order valence-electron chi connectivity index (χ0n) is 15.0. The second kappa shape index (κ2) is 7.94. The van der Waals surface area contributed by atoms with Gasteiger partial charge < -0.3 is 15.0 Å². The number of aromatic carboxylic acids is 1. The maximum atomic E-state index is 12.1. The Labute approximate surface area is 158 Å². The Morgan fingerprint density at radius 3 is 2.54 bits per heavy atom. The summed E-state index contributed by atoms with van der Waals surface area (Å²) in [6.07, 6.45) is 0.992. The fourth-order valence-electron chi connectivity index (χ4n) is 3.16. The molecule has 3 rings (SSSR count). The molecule has 0 amide bonds. The SMILES string of the molecule is CCC(C)NCc1c(C(=O)O)n(Cc2ccc(Cl)cc2)c2ccccc12.